The lowest BCUT2D eigenvalue weighted by Crippen LogP contribution is -2.36. The molecule has 0 aromatic carbocycles. The Morgan fingerprint density at radius 1 is 1.29 bits per heavy atom. The van der Waals surface area contributed by atoms with Crippen LogP contribution in [0.4, 0.5) is 0 Å². The number of hydrogen-bond donors (Lipinski definition) is 0. The van der Waals surface area contributed by atoms with Crippen molar-refractivity contribution in [3.63, 3.8) is 0 Å². The van der Waals surface area contributed by atoms with Crippen molar-refractivity contribution in [2.45, 2.75) is 38.8 Å². The van der Waals surface area contributed by atoms with Gasteiger partial charge in [-0.15, -0.1) is 11.3 Å². The van der Waals surface area contributed by atoms with E-state index in [1.54, 1.807) is 4.88 Å². The second-order valence-electron chi connectivity index (χ2n) is 5.45. The van der Waals surface area contributed by atoms with E-state index >= 15 is 0 Å². The van der Waals surface area contributed by atoms with E-state index in [2.05, 4.69) is 28.2 Å². The molecule has 0 N–H and O–H groups in total. The molecule has 0 radical (unpaired) electrons. The summed E-state index contributed by atoms with van der Waals surface area (Å²) < 4.78 is 0. The van der Waals surface area contributed by atoms with Crippen LogP contribution in [0.5, 0.6) is 0 Å². The second kappa shape index (κ2) is 5.09. The van der Waals surface area contributed by atoms with Crippen LogP contribution in [0.2, 0.25) is 0 Å². The van der Waals surface area contributed by atoms with E-state index < -0.39 is 0 Å². The second-order valence-corrected chi connectivity index (χ2v) is 6.45. The van der Waals surface area contributed by atoms with Gasteiger partial charge in [0.2, 0.25) is 0 Å². The van der Waals surface area contributed by atoms with Gasteiger partial charge >= 0.3 is 0 Å². The standard InChI is InChI=1S/C14H22N2S/c1-12-5-9-17-14(12)11-15-6-3-8-16-7-2-4-13(16)10-15/h5,9,13H,2-4,6-8,10-11H2,1H3. The minimum atomic E-state index is 0.845. The summed E-state index contributed by atoms with van der Waals surface area (Å²) in [6.45, 7) is 8.65. The molecule has 1 atom stereocenters. The molecule has 3 heterocycles. The summed E-state index contributed by atoms with van der Waals surface area (Å²) in [7, 11) is 0. The maximum Gasteiger partial charge on any atom is 0.0331 e. The summed E-state index contributed by atoms with van der Waals surface area (Å²) in [6.07, 6.45) is 4.18. The average Bonchev–Trinajstić information content (AvgIpc) is 2.86. The zero-order valence-electron chi connectivity index (χ0n) is 10.7. The predicted octanol–water partition coefficient (Wildman–Crippen LogP) is 2.73. The van der Waals surface area contributed by atoms with Gasteiger partial charge in [-0.25, -0.2) is 0 Å². The van der Waals surface area contributed by atoms with E-state index in [4.69, 9.17) is 0 Å². The molecule has 2 nitrogen and oxygen atoms in total. The SMILES string of the molecule is Cc1ccsc1CN1CCCN2CCCC2C1. The molecule has 0 aliphatic carbocycles. The third-order valence-corrected chi connectivity index (χ3v) is 5.23. The molecule has 3 heteroatoms. The largest absolute Gasteiger partial charge is 0.299 e. The van der Waals surface area contributed by atoms with Crippen molar-refractivity contribution in [1.29, 1.82) is 0 Å². The van der Waals surface area contributed by atoms with Crippen LogP contribution < -0.4 is 0 Å². The van der Waals surface area contributed by atoms with E-state index in [0.29, 0.717) is 0 Å². The lowest BCUT2D eigenvalue weighted by atomic mass is 10.2. The maximum atomic E-state index is 2.71. The first kappa shape index (κ1) is 11.7. The predicted molar refractivity (Wildman–Crippen MR) is 73.5 cm³/mol. The van der Waals surface area contributed by atoms with Crippen molar-refractivity contribution < 1.29 is 0 Å². The first-order chi connectivity index (χ1) is 8.33. The van der Waals surface area contributed by atoms with Crippen molar-refractivity contribution in [2.24, 2.45) is 0 Å². The van der Waals surface area contributed by atoms with Gasteiger partial charge in [0, 0.05) is 24.0 Å². The molecular formula is C14H22N2S. The Balaban J connectivity index is 1.65. The van der Waals surface area contributed by atoms with E-state index in [0.717, 1.165) is 6.04 Å². The molecule has 2 fully saturated rings. The fourth-order valence-corrected chi connectivity index (χ4v) is 4.14. The quantitative estimate of drug-likeness (QED) is 0.796. The number of rotatable bonds is 2. The zero-order chi connectivity index (χ0) is 11.7. The molecule has 0 saturated carbocycles. The van der Waals surface area contributed by atoms with Crippen molar-refractivity contribution in [3.8, 4) is 0 Å². The van der Waals surface area contributed by atoms with E-state index in [-0.39, 0.29) is 0 Å². The topological polar surface area (TPSA) is 6.48 Å². The molecule has 0 bridgehead atoms. The summed E-state index contributed by atoms with van der Waals surface area (Å²) in [5, 5.41) is 2.23. The Hall–Kier alpha value is -0.380. The molecule has 94 valence electrons. The Kier molecular flexibility index (Phi) is 3.50. The van der Waals surface area contributed by atoms with E-state index in [1.807, 2.05) is 11.3 Å². The minimum absolute atomic E-state index is 0.845. The fraction of sp³-hybridized carbons (Fsp3) is 0.714. The number of nitrogens with zero attached hydrogens (tertiary/aromatic N) is 2. The molecule has 17 heavy (non-hydrogen) atoms. The maximum absolute atomic E-state index is 2.71. The number of hydrogen-bond acceptors (Lipinski definition) is 3. The van der Waals surface area contributed by atoms with Crippen LogP contribution in [0.15, 0.2) is 11.4 Å². The highest BCUT2D eigenvalue weighted by atomic mass is 32.1. The van der Waals surface area contributed by atoms with Gasteiger partial charge in [0.05, 0.1) is 0 Å². The Labute approximate surface area is 108 Å². The van der Waals surface area contributed by atoms with Gasteiger partial charge in [-0.05, 0) is 62.8 Å². The molecule has 2 aliphatic heterocycles. The van der Waals surface area contributed by atoms with Crippen LogP contribution in [0.1, 0.15) is 29.7 Å². The molecular weight excluding hydrogens is 228 g/mol. The van der Waals surface area contributed by atoms with Crippen molar-refractivity contribution in [3.05, 3.63) is 21.9 Å². The first-order valence-electron chi connectivity index (χ1n) is 6.82. The van der Waals surface area contributed by atoms with Crippen LogP contribution in [0.3, 0.4) is 0 Å². The Bertz CT molecular complexity index is 374. The highest BCUT2D eigenvalue weighted by molar-refractivity contribution is 7.10. The highest BCUT2D eigenvalue weighted by Gasteiger charge is 2.28. The molecule has 1 unspecified atom stereocenters. The molecule has 2 aliphatic rings. The van der Waals surface area contributed by atoms with Gasteiger partial charge in [0.1, 0.15) is 0 Å². The summed E-state index contributed by atoms with van der Waals surface area (Å²) in [5.41, 5.74) is 1.47. The lowest BCUT2D eigenvalue weighted by Gasteiger charge is -2.25. The third kappa shape index (κ3) is 2.56. The van der Waals surface area contributed by atoms with Crippen LogP contribution in [-0.2, 0) is 6.54 Å². The average molecular weight is 250 g/mol. The number of aryl methyl sites for hydroxylation is 1. The highest BCUT2D eigenvalue weighted by Crippen LogP contribution is 2.24. The van der Waals surface area contributed by atoms with Crippen LogP contribution >= 0.6 is 11.3 Å². The summed E-state index contributed by atoms with van der Waals surface area (Å²) >= 11 is 1.92. The molecule has 2 saturated heterocycles. The molecule has 0 spiro atoms. The Morgan fingerprint density at radius 2 is 2.18 bits per heavy atom. The van der Waals surface area contributed by atoms with E-state index in [1.165, 1.54) is 57.5 Å². The smallest absolute Gasteiger partial charge is 0.0331 e. The molecule has 1 aromatic rings. The molecule has 3 rings (SSSR count). The number of thiophene rings is 1. The van der Waals surface area contributed by atoms with E-state index in [9.17, 15) is 0 Å². The fourth-order valence-electron chi connectivity index (χ4n) is 3.20. The van der Waals surface area contributed by atoms with Crippen molar-refractivity contribution >= 4 is 11.3 Å². The van der Waals surface area contributed by atoms with Gasteiger partial charge < -0.3 is 0 Å². The monoisotopic (exact) mass is 250 g/mol. The lowest BCUT2D eigenvalue weighted by molar-refractivity contribution is 0.216. The van der Waals surface area contributed by atoms with Crippen LogP contribution in [-0.4, -0.2) is 42.0 Å². The van der Waals surface area contributed by atoms with Crippen molar-refractivity contribution in [1.82, 2.24) is 9.80 Å². The van der Waals surface area contributed by atoms with Gasteiger partial charge in [0.15, 0.2) is 0 Å². The molecule has 1 aromatic heterocycles. The zero-order valence-corrected chi connectivity index (χ0v) is 11.5. The summed E-state index contributed by atoms with van der Waals surface area (Å²) in [5.74, 6) is 0. The van der Waals surface area contributed by atoms with Gasteiger partial charge in [-0.2, -0.15) is 0 Å². The van der Waals surface area contributed by atoms with Crippen LogP contribution in [0.25, 0.3) is 0 Å². The van der Waals surface area contributed by atoms with Gasteiger partial charge in [-0.3, -0.25) is 9.80 Å². The Morgan fingerprint density at radius 3 is 3.00 bits per heavy atom. The van der Waals surface area contributed by atoms with Gasteiger partial charge in [0.25, 0.3) is 0 Å². The summed E-state index contributed by atoms with van der Waals surface area (Å²) in [4.78, 5) is 6.95. The van der Waals surface area contributed by atoms with Gasteiger partial charge in [-0.1, -0.05) is 0 Å². The minimum Gasteiger partial charge on any atom is -0.299 e. The third-order valence-electron chi connectivity index (χ3n) is 4.22. The van der Waals surface area contributed by atoms with Crippen molar-refractivity contribution in [2.75, 3.05) is 26.2 Å². The summed E-state index contributed by atoms with van der Waals surface area (Å²) in [6, 6.07) is 3.09. The first-order valence-corrected chi connectivity index (χ1v) is 7.70. The molecule has 0 amide bonds. The number of fused-ring (bicyclic) bond motifs is 1. The normalized spacial score (nSPS) is 27.0. The van der Waals surface area contributed by atoms with Crippen LogP contribution in [0, 0.1) is 6.92 Å².